The summed E-state index contributed by atoms with van der Waals surface area (Å²) in [6.45, 7) is 3.85. The van der Waals surface area contributed by atoms with Crippen molar-refractivity contribution in [3.63, 3.8) is 0 Å². The average molecular weight is 235 g/mol. The van der Waals surface area contributed by atoms with Crippen LogP contribution >= 0.6 is 11.8 Å². The smallest absolute Gasteiger partial charge is 0.250 e. The van der Waals surface area contributed by atoms with Crippen LogP contribution in [-0.2, 0) is 4.79 Å². The van der Waals surface area contributed by atoms with E-state index in [1.54, 1.807) is 11.8 Å². The Bertz CT molecular complexity index is 399. The Morgan fingerprint density at radius 2 is 2.25 bits per heavy atom. The fourth-order valence-corrected chi connectivity index (χ4v) is 1.79. The monoisotopic (exact) mass is 235 g/mol. The molecule has 16 heavy (non-hydrogen) atoms. The van der Waals surface area contributed by atoms with Gasteiger partial charge in [-0.15, -0.1) is 11.8 Å². The van der Waals surface area contributed by atoms with Crippen molar-refractivity contribution in [2.45, 2.75) is 25.2 Å². The molecular formula is C13H17NOS. The maximum absolute atomic E-state index is 11.7. The van der Waals surface area contributed by atoms with E-state index < -0.39 is 0 Å². The van der Waals surface area contributed by atoms with E-state index in [9.17, 15) is 4.79 Å². The molecule has 1 aromatic rings. The van der Waals surface area contributed by atoms with Gasteiger partial charge in [-0.3, -0.25) is 4.79 Å². The summed E-state index contributed by atoms with van der Waals surface area (Å²) < 4.78 is 0. The van der Waals surface area contributed by atoms with Crippen molar-refractivity contribution in [3.8, 4) is 0 Å². The molecule has 0 aliphatic carbocycles. The highest BCUT2D eigenvalue weighted by molar-refractivity contribution is 7.98. The van der Waals surface area contributed by atoms with Crippen LogP contribution in [0.4, 0.5) is 5.69 Å². The van der Waals surface area contributed by atoms with Crippen LogP contribution in [-0.4, -0.2) is 12.2 Å². The van der Waals surface area contributed by atoms with Gasteiger partial charge in [0.25, 0.3) is 5.91 Å². The van der Waals surface area contributed by atoms with Crippen LogP contribution in [0, 0.1) is 0 Å². The van der Waals surface area contributed by atoms with Gasteiger partial charge in [-0.05, 0) is 37.8 Å². The molecule has 1 amide bonds. The summed E-state index contributed by atoms with van der Waals surface area (Å²) >= 11 is 1.66. The summed E-state index contributed by atoms with van der Waals surface area (Å²) in [6, 6.07) is 7.84. The van der Waals surface area contributed by atoms with Gasteiger partial charge in [0.2, 0.25) is 0 Å². The van der Waals surface area contributed by atoms with Crippen molar-refractivity contribution >= 4 is 23.4 Å². The van der Waals surface area contributed by atoms with Crippen molar-refractivity contribution in [2.75, 3.05) is 11.6 Å². The van der Waals surface area contributed by atoms with Crippen molar-refractivity contribution in [1.82, 2.24) is 0 Å². The molecule has 0 spiro atoms. The van der Waals surface area contributed by atoms with Crippen molar-refractivity contribution in [3.05, 3.63) is 35.9 Å². The number of amides is 1. The zero-order valence-corrected chi connectivity index (χ0v) is 10.7. The number of thioether (sulfide) groups is 1. The van der Waals surface area contributed by atoms with E-state index in [2.05, 4.69) is 5.32 Å². The van der Waals surface area contributed by atoms with E-state index in [1.165, 1.54) is 0 Å². The van der Waals surface area contributed by atoms with E-state index in [0.29, 0.717) is 0 Å². The molecule has 0 atom stereocenters. The Kier molecular flexibility index (Phi) is 5.12. The minimum absolute atomic E-state index is 0.0277. The third-order valence-electron chi connectivity index (χ3n) is 2.20. The lowest BCUT2D eigenvalue weighted by Crippen LogP contribution is -2.12. The van der Waals surface area contributed by atoms with Crippen LogP contribution in [0.1, 0.15) is 20.3 Å². The average Bonchev–Trinajstić information content (AvgIpc) is 2.29. The van der Waals surface area contributed by atoms with Crippen molar-refractivity contribution in [1.29, 1.82) is 0 Å². The molecule has 0 bridgehead atoms. The second-order valence-electron chi connectivity index (χ2n) is 3.48. The molecule has 0 aliphatic heterocycles. The van der Waals surface area contributed by atoms with Crippen LogP contribution < -0.4 is 5.32 Å². The number of carbonyl (C=O) groups excluding carboxylic acids is 1. The first-order valence-corrected chi connectivity index (χ1v) is 6.52. The van der Waals surface area contributed by atoms with Crippen LogP contribution in [0.5, 0.6) is 0 Å². The molecule has 1 aromatic carbocycles. The number of rotatable bonds is 4. The van der Waals surface area contributed by atoms with Gasteiger partial charge < -0.3 is 5.32 Å². The highest BCUT2D eigenvalue weighted by atomic mass is 32.2. The molecule has 86 valence electrons. The van der Waals surface area contributed by atoms with E-state index in [1.807, 2.05) is 50.4 Å². The molecule has 3 heteroatoms. The third kappa shape index (κ3) is 3.74. The Morgan fingerprint density at radius 3 is 2.88 bits per heavy atom. The topological polar surface area (TPSA) is 29.1 Å². The molecule has 0 fully saturated rings. The van der Waals surface area contributed by atoms with Crippen LogP contribution in [0.25, 0.3) is 0 Å². The maximum Gasteiger partial charge on any atom is 0.250 e. The van der Waals surface area contributed by atoms with Gasteiger partial charge in [0.05, 0.1) is 0 Å². The lowest BCUT2D eigenvalue weighted by Gasteiger charge is -2.06. The zero-order valence-electron chi connectivity index (χ0n) is 9.91. The van der Waals surface area contributed by atoms with Crippen molar-refractivity contribution in [2.24, 2.45) is 0 Å². The Hall–Kier alpha value is -1.22. The molecule has 2 nitrogen and oxygen atoms in total. The summed E-state index contributed by atoms with van der Waals surface area (Å²) in [7, 11) is 0. The first kappa shape index (κ1) is 12.8. The number of allylic oxidation sites excluding steroid dienone is 1. The molecule has 0 unspecified atom stereocenters. The Labute approximate surface area is 101 Å². The van der Waals surface area contributed by atoms with Gasteiger partial charge in [-0.1, -0.05) is 19.1 Å². The van der Waals surface area contributed by atoms with Crippen LogP contribution in [0.3, 0.4) is 0 Å². The second-order valence-corrected chi connectivity index (χ2v) is 4.36. The Balaban J connectivity index is 2.73. The second kappa shape index (κ2) is 6.38. The quantitative estimate of drug-likeness (QED) is 0.637. The molecule has 1 rings (SSSR count). The van der Waals surface area contributed by atoms with Gasteiger partial charge in [-0.25, -0.2) is 0 Å². The fourth-order valence-electron chi connectivity index (χ4n) is 1.33. The first-order valence-electron chi connectivity index (χ1n) is 5.29. The van der Waals surface area contributed by atoms with Gasteiger partial charge in [0.15, 0.2) is 0 Å². The van der Waals surface area contributed by atoms with E-state index in [0.717, 1.165) is 22.6 Å². The van der Waals surface area contributed by atoms with Gasteiger partial charge in [-0.2, -0.15) is 0 Å². The van der Waals surface area contributed by atoms with Gasteiger partial charge in [0, 0.05) is 16.2 Å². The summed E-state index contributed by atoms with van der Waals surface area (Å²) in [6.07, 6.45) is 4.82. The maximum atomic E-state index is 11.7. The SMILES string of the molecule is CC/C=C(/C)C(=O)Nc1cccc(SC)c1. The molecule has 0 radical (unpaired) electrons. The number of benzene rings is 1. The minimum Gasteiger partial charge on any atom is -0.322 e. The summed E-state index contributed by atoms with van der Waals surface area (Å²) in [5.74, 6) is -0.0277. The zero-order chi connectivity index (χ0) is 12.0. The van der Waals surface area contributed by atoms with Crippen LogP contribution in [0.15, 0.2) is 40.8 Å². The lowest BCUT2D eigenvalue weighted by atomic mass is 10.2. The number of anilines is 1. The van der Waals surface area contributed by atoms with Crippen LogP contribution in [0.2, 0.25) is 0 Å². The molecule has 0 saturated carbocycles. The van der Waals surface area contributed by atoms with Crippen molar-refractivity contribution < 1.29 is 4.79 Å². The third-order valence-corrected chi connectivity index (χ3v) is 2.92. The summed E-state index contributed by atoms with van der Waals surface area (Å²) in [4.78, 5) is 12.9. The molecule has 0 heterocycles. The standard InChI is InChI=1S/C13H17NOS/c1-4-6-10(2)13(15)14-11-7-5-8-12(9-11)16-3/h5-9H,4H2,1-3H3,(H,14,15)/b10-6-. The number of nitrogens with one attached hydrogen (secondary N) is 1. The normalized spacial score (nSPS) is 11.3. The molecule has 0 aliphatic rings. The fraction of sp³-hybridized carbons (Fsp3) is 0.308. The Morgan fingerprint density at radius 1 is 1.50 bits per heavy atom. The number of hydrogen-bond donors (Lipinski definition) is 1. The predicted molar refractivity (Wildman–Crippen MR) is 70.9 cm³/mol. The summed E-state index contributed by atoms with van der Waals surface area (Å²) in [5, 5.41) is 2.88. The van der Waals surface area contributed by atoms with Gasteiger partial charge >= 0.3 is 0 Å². The van der Waals surface area contributed by atoms with E-state index in [4.69, 9.17) is 0 Å². The number of carbonyl (C=O) groups is 1. The largest absolute Gasteiger partial charge is 0.322 e. The van der Waals surface area contributed by atoms with E-state index >= 15 is 0 Å². The molecule has 0 saturated heterocycles. The predicted octanol–water partition coefficient (Wildman–Crippen LogP) is 3.70. The van der Waals surface area contributed by atoms with Gasteiger partial charge in [0.1, 0.15) is 0 Å². The molecule has 0 aromatic heterocycles. The molecule has 1 N–H and O–H groups in total. The lowest BCUT2D eigenvalue weighted by molar-refractivity contribution is -0.112. The highest BCUT2D eigenvalue weighted by Crippen LogP contribution is 2.19. The number of hydrogen-bond acceptors (Lipinski definition) is 2. The molecular weight excluding hydrogens is 218 g/mol. The first-order chi connectivity index (χ1) is 7.67. The minimum atomic E-state index is -0.0277. The summed E-state index contributed by atoms with van der Waals surface area (Å²) in [5.41, 5.74) is 1.61. The van der Waals surface area contributed by atoms with E-state index in [-0.39, 0.29) is 5.91 Å². The highest BCUT2D eigenvalue weighted by Gasteiger charge is 2.04.